The molecule has 2 saturated heterocycles. The molecule has 14 heavy (non-hydrogen) atoms. The van der Waals surface area contributed by atoms with Crippen molar-refractivity contribution in [3.63, 3.8) is 0 Å². The lowest BCUT2D eigenvalue weighted by molar-refractivity contribution is 0.0710. The summed E-state index contributed by atoms with van der Waals surface area (Å²) in [6, 6.07) is 1.06. The summed E-state index contributed by atoms with van der Waals surface area (Å²) in [5.74, 6) is 0. The molecular formula is C9H17NO3S. The van der Waals surface area contributed by atoms with Crippen molar-refractivity contribution < 1.29 is 12.6 Å². The van der Waals surface area contributed by atoms with Crippen LogP contribution in [0.5, 0.6) is 0 Å². The summed E-state index contributed by atoms with van der Waals surface area (Å²) in [4.78, 5) is 2.36. The van der Waals surface area contributed by atoms with Gasteiger partial charge in [-0.15, -0.1) is 0 Å². The summed E-state index contributed by atoms with van der Waals surface area (Å²) in [6.45, 7) is 0. The van der Waals surface area contributed by atoms with E-state index in [2.05, 4.69) is 11.9 Å². The van der Waals surface area contributed by atoms with E-state index in [1.165, 1.54) is 12.8 Å². The third kappa shape index (κ3) is 2.10. The largest absolute Gasteiger partial charge is 0.300 e. The number of fused-ring (bicyclic) bond motifs is 2. The summed E-state index contributed by atoms with van der Waals surface area (Å²) in [7, 11) is -1.15. The van der Waals surface area contributed by atoms with Gasteiger partial charge in [0.15, 0.2) is 0 Å². The molecule has 0 radical (unpaired) electrons. The van der Waals surface area contributed by atoms with Gasteiger partial charge >= 0.3 is 0 Å². The third-order valence-corrected chi connectivity index (χ3v) is 3.99. The summed E-state index contributed by atoms with van der Waals surface area (Å²) >= 11 is 0. The smallest absolute Gasteiger partial charge is 0.264 e. The van der Waals surface area contributed by atoms with Crippen molar-refractivity contribution in [3.05, 3.63) is 0 Å². The molecule has 0 aromatic rings. The SMILES string of the molecule is CN1[C@@H]2CC[C@@H]1CC(OS(C)(=O)=O)C2. The molecule has 0 aromatic carbocycles. The minimum atomic E-state index is -3.28. The minimum Gasteiger partial charge on any atom is -0.300 e. The van der Waals surface area contributed by atoms with Crippen LogP contribution < -0.4 is 0 Å². The van der Waals surface area contributed by atoms with Crippen LogP contribution in [-0.2, 0) is 14.3 Å². The van der Waals surface area contributed by atoms with E-state index in [1.807, 2.05) is 0 Å². The summed E-state index contributed by atoms with van der Waals surface area (Å²) in [6.07, 6.45) is 5.14. The highest BCUT2D eigenvalue weighted by Crippen LogP contribution is 2.35. The summed E-state index contributed by atoms with van der Waals surface area (Å²) < 4.78 is 27.0. The highest BCUT2D eigenvalue weighted by molar-refractivity contribution is 7.86. The summed E-state index contributed by atoms with van der Waals surface area (Å²) in [5.41, 5.74) is 0. The highest BCUT2D eigenvalue weighted by atomic mass is 32.2. The lowest BCUT2D eigenvalue weighted by atomic mass is 10.0. The molecule has 0 spiro atoms. The Morgan fingerprint density at radius 1 is 1.21 bits per heavy atom. The standard InChI is InChI=1S/C9H17NO3S/c1-10-7-3-4-8(10)6-9(5-7)13-14(2,11)12/h7-9H,3-6H2,1-2H3/t7-,8-/m1/s1. The number of nitrogens with zero attached hydrogens (tertiary/aromatic N) is 1. The lowest BCUT2D eigenvalue weighted by Crippen LogP contribution is -2.43. The molecule has 0 aromatic heterocycles. The van der Waals surface area contributed by atoms with Crippen molar-refractivity contribution in [1.82, 2.24) is 4.90 Å². The van der Waals surface area contributed by atoms with Gasteiger partial charge in [0.05, 0.1) is 12.4 Å². The Bertz CT molecular complexity index is 300. The normalized spacial score (nSPS) is 38.9. The van der Waals surface area contributed by atoms with E-state index in [0.29, 0.717) is 12.1 Å². The Kier molecular flexibility index (Phi) is 2.57. The van der Waals surface area contributed by atoms with Crippen LogP contribution in [0.3, 0.4) is 0 Å². The number of hydrogen-bond acceptors (Lipinski definition) is 4. The Balaban J connectivity index is 2.00. The van der Waals surface area contributed by atoms with Gasteiger partial charge in [0.25, 0.3) is 10.1 Å². The lowest BCUT2D eigenvalue weighted by Gasteiger charge is -2.35. The van der Waals surface area contributed by atoms with Crippen LogP contribution in [0.15, 0.2) is 0 Å². The van der Waals surface area contributed by atoms with Gasteiger partial charge in [-0.1, -0.05) is 0 Å². The molecule has 0 amide bonds. The second-order valence-corrected chi connectivity index (χ2v) is 6.04. The first-order chi connectivity index (χ1) is 6.46. The van der Waals surface area contributed by atoms with Crippen LogP contribution in [-0.4, -0.2) is 44.8 Å². The third-order valence-electron chi connectivity index (χ3n) is 3.37. The maximum absolute atomic E-state index is 11.0. The van der Waals surface area contributed by atoms with E-state index in [-0.39, 0.29) is 6.10 Å². The van der Waals surface area contributed by atoms with Crippen LogP contribution in [0.1, 0.15) is 25.7 Å². The van der Waals surface area contributed by atoms with Gasteiger partial charge in [-0.05, 0) is 32.7 Å². The second kappa shape index (κ2) is 3.47. The van der Waals surface area contributed by atoms with Crippen LogP contribution in [0.2, 0.25) is 0 Å². The maximum atomic E-state index is 11.0. The molecule has 0 aliphatic carbocycles. The van der Waals surface area contributed by atoms with Crippen molar-refractivity contribution in [2.45, 2.75) is 43.9 Å². The van der Waals surface area contributed by atoms with E-state index in [9.17, 15) is 8.42 Å². The Labute approximate surface area is 85.4 Å². The van der Waals surface area contributed by atoms with Crippen LogP contribution in [0, 0.1) is 0 Å². The Morgan fingerprint density at radius 3 is 2.14 bits per heavy atom. The molecule has 5 heteroatoms. The van der Waals surface area contributed by atoms with Gasteiger partial charge in [-0.3, -0.25) is 4.18 Å². The van der Waals surface area contributed by atoms with Crippen LogP contribution >= 0.6 is 0 Å². The van der Waals surface area contributed by atoms with Gasteiger partial charge in [-0.2, -0.15) is 8.42 Å². The zero-order chi connectivity index (χ0) is 10.3. The van der Waals surface area contributed by atoms with Crippen molar-refractivity contribution in [2.75, 3.05) is 13.3 Å². The predicted molar refractivity (Wildman–Crippen MR) is 53.5 cm³/mol. The van der Waals surface area contributed by atoms with Gasteiger partial charge in [-0.25, -0.2) is 0 Å². The number of piperidine rings is 1. The van der Waals surface area contributed by atoms with Crippen molar-refractivity contribution >= 4 is 10.1 Å². The fourth-order valence-electron chi connectivity index (χ4n) is 2.69. The molecule has 2 aliphatic rings. The monoisotopic (exact) mass is 219 g/mol. The first-order valence-corrected chi connectivity index (χ1v) is 6.87. The van der Waals surface area contributed by atoms with E-state index >= 15 is 0 Å². The van der Waals surface area contributed by atoms with Gasteiger partial charge in [0.1, 0.15) is 0 Å². The molecule has 2 fully saturated rings. The van der Waals surface area contributed by atoms with Gasteiger partial charge in [0, 0.05) is 12.1 Å². The molecule has 4 nitrogen and oxygen atoms in total. The second-order valence-electron chi connectivity index (χ2n) is 4.44. The molecule has 0 unspecified atom stereocenters. The van der Waals surface area contributed by atoms with E-state index < -0.39 is 10.1 Å². The van der Waals surface area contributed by atoms with Crippen LogP contribution in [0.25, 0.3) is 0 Å². The van der Waals surface area contributed by atoms with Gasteiger partial charge in [0.2, 0.25) is 0 Å². The number of hydrogen-bond donors (Lipinski definition) is 0. The molecule has 2 aliphatic heterocycles. The first kappa shape index (κ1) is 10.4. The molecule has 2 heterocycles. The summed E-state index contributed by atoms with van der Waals surface area (Å²) in [5, 5.41) is 0. The molecule has 2 rings (SSSR count). The Morgan fingerprint density at radius 2 is 1.71 bits per heavy atom. The molecule has 0 N–H and O–H groups in total. The average molecular weight is 219 g/mol. The zero-order valence-corrected chi connectivity index (χ0v) is 9.46. The van der Waals surface area contributed by atoms with Crippen molar-refractivity contribution in [3.8, 4) is 0 Å². The van der Waals surface area contributed by atoms with Crippen LogP contribution in [0.4, 0.5) is 0 Å². The molecule has 82 valence electrons. The predicted octanol–water partition coefficient (Wildman–Crippen LogP) is 0.588. The Hall–Kier alpha value is -0.130. The van der Waals surface area contributed by atoms with E-state index in [0.717, 1.165) is 19.1 Å². The van der Waals surface area contributed by atoms with Crippen molar-refractivity contribution in [1.29, 1.82) is 0 Å². The number of rotatable bonds is 2. The topological polar surface area (TPSA) is 46.6 Å². The molecule has 2 atom stereocenters. The zero-order valence-electron chi connectivity index (χ0n) is 8.64. The molecule has 2 bridgehead atoms. The van der Waals surface area contributed by atoms with E-state index in [1.54, 1.807) is 0 Å². The fraction of sp³-hybridized carbons (Fsp3) is 1.00. The maximum Gasteiger partial charge on any atom is 0.264 e. The molecular weight excluding hydrogens is 202 g/mol. The van der Waals surface area contributed by atoms with E-state index in [4.69, 9.17) is 4.18 Å². The average Bonchev–Trinajstić information content (AvgIpc) is 2.32. The highest BCUT2D eigenvalue weighted by Gasteiger charge is 2.39. The quantitative estimate of drug-likeness (QED) is 0.638. The van der Waals surface area contributed by atoms with Crippen molar-refractivity contribution in [2.24, 2.45) is 0 Å². The fourth-order valence-corrected chi connectivity index (χ4v) is 3.34. The first-order valence-electron chi connectivity index (χ1n) is 5.06. The van der Waals surface area contributed by atoms with Gasteiger partial charge < -0.3 is 4.90 Å². The minimum absolute atomic E-state index is 0.0845. The molecule has 0 saturated carbocycles.